The van der Waals surface area contributed by atoms with E-state index >= 15 is 0 Å². The zero-order chi connectivity index (χ0) is 13.8. The molecule has 1 aliphatic carbocycles. The number of nitrogens with zero attached hydrogens (tertiary/aromatic N) is 2. The van der Waals surface area contributed by atoms with E-state index in [0.29, 0.717) is 35.3 Å². The molecule has 4 nitrogen and oxygen atoms in total. The van der Waals surface area contributed by atoms with E-state index in [9.17, 15) is 0 Å². The summed E-state index contributed by atoms with van der Waals surface area (Å²) in [4.78, 5) is 8.42. The lowest BCUT2D eigenvalue weighted by Gasteiger charge is -2.31. The molecule has 1 aromatic rings. The van der Waals surface area contributed by atoms with Crippen molar-refractivity contribution in [3.05, 3.63) is 17.0 Å². The molecule has 5 heteroatoms. The summed E-state index contributed by atoms with van der Waals surface area (Å²) in [6.45, 7) is 4.89. The number of aromatic nitrogens is 2. The van der Waals surface area contributed by atoms with E-state index in [-0.39, 0.29) is 6.10 Å². The predicted octanol–water partition coefficient (Wildman–Crippen LogP) is 3.48. The molecule has 2 unspecified atom stereocenters. The highest BCUT2D eigenvalue weighted by Crippen LogP contribution is 2.31. The summed E-state index contributed by atoms with van der Waals surface area (Å²) >= 11 is 5.97. The lowest BCUT2D eigenvalue weighted by atomic mass is 9.82. The second-order valence-corrected chi connectivity index (χ2v) is 5.92. The van der Waals surface area contributed by atoms with Gasteiger partial charge in [0.25, 0.3) is 0 Å². The molecule has 1 heterocycles. The highest BCUT2D eigenvalue weighted by atomic mass is 35.5. The molecule has 0 bridgehead atoms. The van der Waals surface area contributed by atoms with E-state index in [0.717, 1.165) is 12.8 Å². The number of halogens is 1. The summed E-state index contributed by atoms with van der Waals surface area (Å²) in [6.07, 6.45) is 3.65. The Morgan fingerprint density at radius 1 is 1.21 bits per heavy atom. The molecule has 1 aliphatic rings. The first-order chi connectivity index (χ1) is 9.06. The molecule has 0 aromatic carbocycles. The van der Waals surface area contributed by atoms with Gasteiger partial charge < -0.3 is 9.47 Å². The average Bonchev–Trinajstić information content (AvgIpc) is 2.26. The molecular formula is C14H21ClN2O2. The van der Waals surface area contributed by atoms with Gasteiger partial charge in [0.1, 0.15) is 17.9 Å². The van der Waals surface area contributed by atoms with E-state index in [4.69, 9.17) is 21.1 Å². The molecule has 1 fully saturated rings. The largest absolute Gasteiger partial charge is 0.474 e. The van der Waals surface area contributed by atoms with Gasteiger partial charge in [0, 0.05) is 13.2 Å². The molecule has 0 spiro atoms. The van der Waals surface area contributed by atoms with Crippen LogP contribution in [0.15, 0.2) is 6.07 Å². The Labute approximate surface area is 119 Å². The minimum atomic E-state index is 0.222. The molecule has 106 valence electrons. The number of methoxy groups -OCH3 is 1. The van der Waals surface area contributed by atoms with Crippen LogP contribution in [0.5, 0.6) is 5.88 Å². The van der Waals surface area contributed by atoms with Crippen molar-refractivity contribution in [2.24, 2.45) is 11.8 Å². The number of rotatable bonds is 4. The second-order valence-electron chi connectivity index (χ2n) is 5.54. The summed E-state index contributed by atoms with van der Waals surface area (Å²) in [5.41, 5.74) is 0. The van der Waals surface area contributed by atoms with Crippen molar-refractivity contribution in [1.29, 1.82) is 0 Å². The predicted molar refractivity (Wildman–Crippen MR) is 74.4 cm³/mol. The van der Waals surface area contributed by atoms with Crippen molar-refractivity contribution in [2.75, 3.05) is 7.11 Å². The Balaban J connectivity index is 2.05. The summed E-state index contributed by atoms with van der Waals surface area (Å²) in [6, 6.07) is 1.67. The van der Waals surface area contributed by atoms with Gasteiger partial charge in [-0.2, -0.15) is 4.98 Å². The maximum absolute atomic E-state index is 5.97. The van der Waals surface area contributed by atoms with Gasteiger partial charge in [-0.15, -0.1) is 0 Å². The number of ether oxygens (including phenoxy) is 2. The van der Waals surface area contributed by atoms with E-state index in [1.54, 1.807) is 13.2 Å². The first kappa shape index (κ1) is 14.5. The third kappa shape index (κ3) is 4.32. The van der Waals surface area contributed by atoms with E-state index < -0.39 is 0 Å². The van der Waals surface area contributed by atoms with Crippen molar-refractivity contribution < 1.29 is 9.47 Å². The molecule has 0 amide bonds. The second kappa shape index (κ2) is 6.53. The van der Waals surface area contributed by atoms with Gasteiger partial charge in [0.15, 0.2) is 5.82 Å². The third-order valence-electron chi connectivity index (χ3n) is 3.41. The zero-order valence-electron chi connectivity index (χ0n) is 11.7. The van der Waals surface area contributed by atoms with E-state index in [2.05, 4.69) is 23.8 Å². The SMILES string of the molecule is COCc1nc(Cl)cc(OC2CC(C)CC(C)C2)n1. The van der Waals surface area contributed by atoms with Gasteiger partial charge >= 0.3 is 0 Å². The van der Waals surface area contributed by atoms with Gasteiger partial charge in [-0.05, 0) is 31.1 Å². The Kier molecular flexibility index (Phi) is 4.99. The number of hydrogen-bond acceptors (Lipinski definition) is 4. The summed E-state index contributed by atoms with van der Waals surface area (Å²) in [5.74, 6) is 2.51. The van der Waals surface area contributed by atoms with Crippen LogP contribution in [0.25, 0.3) is 0 Å². The van der Waals surface area contributed by atoms with E-state index in [1.165, 1.54) is 6.42 Å². The van der Waals surface area contributed by atoms with Crippen molar-refractivity contribution in [3.8, 4) is 5.88 Å². The van der Waals surface area contributed by atoms with Crippen LogP contribution >= 0.6 is 11.6 Å². The lowest BCUT2D eigenvalue weighted by molar-refractivity contribution is 0.0953. The standard InChI is InChI=1S/C14H21ClN2O2/c1-9-4-10(2)6-11(5-9)19-14-7-12(15)16-13(17-14)8-18-3/h7,9-11H,4-6,8H2,1-3H3. The Morgan fingerprint density at radius 2 is 1.89 bits per heavy atom. The molecule has 19 heavy (non-hydrogen) atoms. The molecule has 0 radical (unpaired) electrons. The monoisotopic (exact) mass is 284 g/mol. The zero-order valence-corrected chi connectivity index (χ0v) is 12.5. The Morgan fingerprint density at radius 3 is 2.53 bits per heavy atom. The minimum absolute atomic E-state index is 0.222. The highest BCUT2D eigenvalue weighted by Gasteiger charge is 2.25. The van der Waals surface area contributed by atoms with Crippen LogP contribution in [-0.4, -0.2) is 23.2 Å². The molecule has 2 atom stereocenters. The normalized spacial score (nSPS) is 27.3. The van der Waals surface area contributed by atoms with Crippen LogP contribution in [0.2, 0.25) is 5.15 Å². The van der Waals surface area contributed by atoms with Gasteiger partial charge in [-0.25, -0.2) is 4.98 Å². The molecular weight excluding hydrogens is 264 g/mol. The topological polar surface area (TPSA) is 44.2 Å². The molecule has 0 saturated heterocycles. The molecule has 0 N–H and O–H groups in total. The first-order valence-electron chi connectivity index (χ1n) is 6.76. The minimum Gasteiger partial charge on any atom is -0.474 e. The fraction of sp³-hybridized carbons (Fsp3) is 0.714. The van der Waals surface area contributed by atoms with Crippen molar-refractivity contribution >= 4 is 11.6 Å². The smallest absolute Gasteiger partial charge is 0.218 e. The van der Waals surface area contributed by atoms with Gasteiger partial charge in [0.2, 0.25) is 5.88 Å². The Bertz CT molecular complexity index is 418. The number of hydrogen-bond donors (Lipinski definition) is 0. The van der Waals surface area contributed by atoms with Crippen LogP contribution in [0.4, 0.5) is 0 Å². The van der Waals surface area contributed by atoms with Gasteiger partial charge in [-0.1, -0.05) is 25.4 Å². The lowest BCUT2D eigenvalue weighted by Crippen LogP contribution is -2.28. The van der Waals surface area contributed by atoms with Crippen LogP contribution in [-0.2, 0) is 11.3 Å². The maximum atomic E-state index is 5.97. The third-order valence-corrected chi connectivity index (χ3v) is 3.61. The van der Waals surface area contributed by atoms with Crippen molar-refractivity contribution in [2.45, 2.75) is 45.8 Å². The summed E-state index contributed by atoms with van der Waals surface area (Å²) in [5, 5.41) is 0.397. The van der Waals surface area contributed by atoms with Crippen LogP contribution in [0, 0.1) is 11.8 Å². The van der Waals surface area contributed by atoms with Crippen LogP contribution in [0.1, 0.15) is 38.9 Å². The van der Waals surface area contributed by atoms with E-state index in [1.807, 2.05) is 0 Å². The fourth-order valence-electron chi connectivity index (χ4n) is 2.84. The van der Waals surface area contributed by atoms with Crippen LogP contribution < -0.4 is 4.74 Å². The maximum Gasteiger partial charge on any atom is 0.218 e. The van der Waals surface area contributed by atoms with Crippen molar-refractivity contribution in [3.63, 3.8) is 0 Å². The van der Waals surface area contributed by atoms with Gasteiger partial charge in [-0.3, -0.25) is 0 Å². The fourth-order valence-corrected chi connectivity index (χ4v) is 3.03. The Hall–Kier alpha value is -0.870. The summed E-state index contributed by atoms with van der Waals surface area (Å²) < 4.78 is 11.0. The average molecular weight is 285 g/mol. The molecule has 0 aliphatic heterocycles. The van der Waals surface area contributed by atoms with Crippen molar-refractivity contribution in [1.82, 2.24) is 9.97 Å². The first-order valence-corrected chi connectivity index (χ1v) is 7.13. The molecule has 2 rings (SSSR count). The van der Waals surface area contributed by atoms with Crippen LogP contribution in [0.3, 0.4) is 0 Å². The highest BCUT2D eigenvalue weighted by molar-refractivity contribution is 6.29. The molecule has 1 aromatic heterocycles. The molecule has 1 saturated carbocycles. The quantitative estimate of drug-likeness (QED) is 0.794. The van der Waals surface area contributed by atoms with Gasteiger partial charge in [0.05, 0.1) is 0 Å². The summed E-state index contributed by atoms with van der Waals surface area (Å²) in [7, 11) is 1.61.